The van der Waals surface area contributed by atoms with Crippen LogP contribution in [-0.4, -0.2) is 41.7 Å². The van der Waals surface area contributed by atoms with E-state index in [9.17, 15) is 0 Å². The van der Waals surface area contributed by atoms with Crippen LogP contribution in [-0.2, 0) is 12.8 Å². The van der Waals surface area contributed by atoms with Crippen molar-refractivity contribution in [2.24, 2.45) is 0 Å². The first-order valence-electron chi connectivity index (χ1n) is 23.6. The molecule has 0 aliphatic carbocycles. The molecule has 54 heavy (non-hydrogen) atoms. The number of aromatic nitrogens is 1. The molecule has 0 radical (unpaired) electrons. The summed E-state index contributed by atoms with van der Waals surface area (Å²) in [4.78, 5) is 8.54. The van der Waals surface area contributed by atoms with Crippen LogP contribution in [0.25, 0.3) is 21.0 Å². The molecule has 0 saturated carbocycles. The molecule has 3 heterocycles. The van der Waals surface area contributed by atoms with Crippen LogP contribution in [0.4, 0.5) is 0 Å². The van der Waals surface area contributed by atoms with Gasteiger partial charge in [-0.1, -0.05) is 0 Å². The molecule has 0 spiro atoms. The molecule has 0 bridgehead atoms. The molecular formula is C49H85NS2Sn2. The molecule has 0 aliphatic rings. The predicted molar refractivity (Wildman–Crippen MR) is 256 cm³/mol. The molecule has 5 heteroatoms. The van der Waals surface area contributed by atoms with E-state index in [1.54, 1.807) is 42.6 Å². The van der Waals surface area contributed by atoms with Crippen LogP contribution >= 0.6 is 22.7 Å². The summed E-state index contributed by atoms with van der Waals surface area (Å²) in [5.74, 6) is 0. The molecule has 3 aromatic heterocycles. The summed E-state index contributed by atoms with van der Waals surface area (Å²) in [5.41, 5.74) is 5.94. The first kappa shape index (κ1) is 48.5. The maximum absolute atomic E-state index is 5.44. The van der Waals surface area contributed by atoms with Crippen molar-refractivity contribution in [3.05, 3.63) is 41.6 Å². The zero-order valence-electron chi connectivity index (χ0n) is 36.9. The average molecular weight is 990 g/mol. The van der Waals surface area contributed by atoms with E-state index < -0.39 is 36.8 Å². The summed E-state index contributed by atoms with van der Waals surface area (Å²) < 4.78 is 13.1. The van der Waals surface area contributed by atoms with Gasteiger partial charge >= 0.3 is 356 Å². The molecule has 0 fully saturated rings. The molecule has 0 amide bonds. The fourth-order valence-electron chi connectivity index (χ4n) is 8.94. The van der Waals surface area contributed by atoms with Crippen LogP contribution < -0.4 is 5.79 Å². The summed E-state index contributed by atoms with van der Waals surface area (Å²) in [5, 5.41) is 0. The second kappa shape index (κ2) is 27.8. The minimum absolute atomic E-state index is 1.23. The Morgan fingerprint density at radius 3 is 1.15 bits per heavy atom. The van der Waals surface area contributed by atoms with Crippen molar-refractivity contribution in [1.82, 2.24) is 4.98 Å². The third kappa shape index (κ3) is 14.8. The van der Waals surface area contributed by atoms with Gasteiger partial charge in [0.2, 0.25) is 0 Å². The summed E-state index contributed by atoms with van der Waals surface area (Å²) in [6, 6.07) is 10.5. The van der Waals surface area contributed by atoms with E-state index in [2.05, 4.69) is 109 Å². The van der Waals surface area contributed by atoms with Crippen LogP contribution in [0.15, 0.2) is 30.5 Å². The molecule has 0 aliphatic heterocycles. The summed E-state index contributed by atoms with van der Waals surface area (Å²) in [7, 11) is 0. The van der Waals surface area contributed by atoms with Gasteiger partial charge in [0.05, 0.1) is 0 Å². The molecule has 0 aromatic carbocycles. The van der Waals surface area contributed by atoms with Gasteiger partial charge in [-0.15, -0.1) is 0 Å². The SMILES string of the molecule is CCCCCCc1c[c]([Sn]([CH2]CCC)([CH2]CCC)[CH2]CCC)sc1-c1ccc(-c2s[c]([Sn]([CH2]CCC)([CH2]CCC)[CH2]CCC)cc2CCCCCC)nc1. The molecule has 3 rings (SSSR count). The van der Waals surface area contributed by atoms with E-state index in [4.69, 9.17) is 4.98 Å². The zero-order chi connectivity index (χ0) is 39.1. The molecular weight excluding hydrogens is 904 g/mol. The van der Waals surface area contributed by atoms with Gasteiger partial charge in [0.25, 0.3) is 0 Å². The van der Waals surface area contributed by atoms with Crippen molar-refractivity contribution in [1.29, 1.82) is 0 Å². The van der Waals surface area contributed by atoms with Crippen molar-refractivity contribution in [2.75, 3.05) is 0 Å². The van der Waals surface area contributed by atoms with Crippen molar-refractivity contribution in [3.8, 4) is 21.0 Å². The standard InChI is InChI=1S/C25H31NS2.6C4H9.2Sn/c1-3-5-7-9-11-20-15-17-27-24(20)22-13-14-23(26-19-22)25-21(16-18-28-25)12-10-8-6-4-2;6*1-3-4-2;;/h13-16,19H,3-12H2,1-2H3;6*1,3-4H2,2H3;;. The van der Waals surface area contributed by atoms with Crippen LogP contribution in [0.3, 0.4) is 0 Å². The van der Waals surface area contributed by atoms with E-state index in [1.165, 1.54) is 157 Å². The van der Waals surface area contributed by atoms with Crippen LogP contribution in [0.5, 0.6) is 0 Å². The van der Waals surface area contributed by atoms with Crippen LogP contribution in [0.2, 0.25) is 26.6 Å². The fourth-order valence-corrected chi connectivity index (χ4v) is 49.7. The van der Waals surface area contributed by atoms with Gasteiger partial charge in [0, 0.05) is 0 Å². The molecule has 3 aromatic rings. The minimum atomic E-state index is -2.54. The molecule has 0 atom stereocenters. The molecule has 0 N–H and O–H groups in total. The van der Waals surface area contributed by atoms with Crippen molar-refractivity contribution >= 4 is 65.2 Å². The number of hydrogen-bond acceptors (Lipinski definition) is 3. The predicted octanol–water partition coefficient (Wildman–Crippen LogP) is 16.9. The molecule has 1 nitrogen and oxygen atoms in total. The van der Waals surface area contributed by atoms with Crippen molar-refractivity contribution in [2.45, 2.75) is 223 Å². The van der Waals surface area contributed by atoms with Gasteiger partial charge in [-0.25, -0.2) is 0 Å². The summed E-state index contributed by atoms with van der Waals surface area (Å²) in [6.45, 7) is 19.2. The van der Waals surface area contributed by atoms with Gasteiger partial charge in [-0.05, 0) is 0 Å². The van der Waals surface area contributed by atoms with E-state index in [-0.39, 0.29) is 0 Å². The van der Waals surface area contributed by atoms with Crippen molar-refractivity contribution in [3.63, 3.8) is 0 Å². The molecule has 0 saturated heterocycles. The van der Waals surface area contributed by atoms with Gasteiger partial charge in [-0.2, -0.15) is 0 Å². The molecule has 0 unspecified atom stereocenters. The Morgan fingerprint density at radius 1 is 0.426 bits per heavy atom. The van der Waals surface area contributed by atoms with Crippen LogP contribution in [0, 0.1) is 0 Å². The topological polar surface area (TPSA) is 12.9 Å². The fraction of sp³-hybridized carbons (Fsp3) is 0.735. The number of nitrogens with zero attached hydrogens (tertiary/aromatic N) is 1. The van der Waals surface area contributed by atoms with Crippen molar-refractivity contribution < 1.29 is 0 Å². The first-order valence-corrected chi connectivity index (χ1v) is 40.2. The molecule has 306 valence electrons. The Morgan fingerprint density at radius 2 is 0.796 bits per heavy atom. The number of aryl methyl sites for hydroxylation is 2. The van der Waals surface area contributed by atoms with E-state index in [0.29, 0.717) is 0 Å². The number of pyridine rings is 1. The summed E-state index contributed by atoms with van der Waals surface area (Å²) in [6.07, 6.45) is 32.1. The van der Waals surface area contributed by atoms with Crippen LogP contribution in [0.1, 0.15) is 195 Å². The second-order valence-electron chi connectivity index (χ2n) is 17.2. The Kier molecular flexibility index (Phi) is 24.9. The van der Waals surface area contributed by atoms with Gasteiger partial charge in [0.1, 0.15) is 0 Å². The number of rotatable bonds is 32. The Labute approximate surface area is 352 Å². The normalized spacial score (nSPS) is 12.3. The van der Waals surface area contributed by atoms with Gasteiger partial charge in [0.15, 0.2) is 0 Å². The Balaban J connectivity index is 2.12. The zero-order valence-corrected chi connectivity index (χ0v) is 44.3. The monoisotopic (exact) mass is 991 g/mol. The Hall–Kier alpha value is 0.147. The Bertz CT molecular complexity index is 1240. The third-order valence-corrected chi connectivity index (χ3v) is 51.4. The van der Waals surface area contributed by atoms with Gasteiger partial charge < -0.3 is 0 Å². The number of thiophene rings is 2. The van der Waals surface area contributed by atoms with E-state index >= 15 is 0 Å². The van der Waals surface area contributed by atoms with E-state index in [1.807, 2.05) is 5.79 Å². The maximum atomic E-state index is 5.44. The first-order chi connectivity index (χ1) is 26.4. The average Bonchev–Trinajstić information content (AvgIpc) is 3.84. The quantitative estimate of drug-likeness (QED) is 0.0449. The summed E-state index contributed by atoms with van der Waals surface area (Å²) >= 11 is -0.596. The third-order valence-electron chi connectivity index (χ3n) is 12.6. The number of hydrogen-bond donors (Lipinski definition) is 0. The number of unbranched alkanes of at least 4 members (excludes halogenated alkanes) is 12. The van der Waals surface area contributed by atoms with E-state index in [0.717, 1.165) is 0 Å². The van der Waals surface area contributed by atoms with Gasteiger partial charge in [-0.3, -0.25) is 0 Å². The second-order valence-corrected chi connectivity index (χ2v) is 47.6.